The summed E-state index contributed by atoms with van der Waals surface area (Å²) in [6, 6.07) is 3.84. The van der Waals surface area contributed by atoms with Crippen LogP contribution in [0.25, 0.3) is 0 Å². The molecule has 0 unspecified atom stereocenters. The van der Waals surface area contributed by atoms with Gasteiger partial charge in [-0.25, -0.2) is 0 Å². The lowest BCUT2D eigenvalue weighted by Gasteiger charge is -2.23. The molecule has 0 aromatic carbocycles. The van der Waals surface area contributed by atoms with Gasteiger partial charge in [0.15, 0.2) is 17.2 Å². The van der Waals surface area contributed by atoms with Crippen molar-refractivity contribution in [1.29, 1.82) is 0 Å². The Morgan fingerprint density at radius 2 is 1.07 bits per heavy atom. The number of aromatic amines is 1. The average Bonchev–Trinajstić information content (AvgIpc) is 2.95. The molecule has 42 heavy (non-hydrogen) atoms. The Hall–Kier alpha value is -5.38. The fourth-order valence-electron chi connectivity index (χ4n) is 3.85. The van der Waals surface area contributed by atoms with Gasteiger partial charge in [-0.3, -0.25) is 33.7 Å². The number of aromatic nitrogens is 3. The quantitative estimate of drug-likeness (QED) is 0.121. The Labute approximate surface area is 237 Å². The van der Waals surface area contributed by atoms with Gasteiger partial charge in [0, 0.05) is 72.0 Å². The van der Waals surface area contributed by atoms with Crippen molar-refractivity contribution in [3.8, 4) is 17.2 Å². The number of carbonyl (C=O) groups is 3. The second kappa shape index (κ2) is 13.8. The molecular weight excluding hydrogens is 554 g/mol. The van der Waals surface area contributed by atoms with E-state index >= 15 is 0 Å². The van der Waals surface area contributed by atoms with Crippen molar-refractivity contribution in [3.05, 3.63) is 84.5 Å². The molecule has 0 saturated carbocycles. The van der Waals surface area contributed by atoms with E-state index < -0.39 is 51.6 Å². The first-order valence-corrected chi connectivity index (χ1v) is 12.7. The highest BCUT2D eigenvalue weighted by Gasteiger charge is 2.18. The minimum Gasteiger partial charge on any atom is -0.502 e. The second-order valence-corrected chi connectivity index (χ2v) is 9.17. The number of pyridine rings is 3. The summed E-state index contributed by atoms with van der Waals surface area (Å²) in [5.74, 6) is -4.17. The normalized spacial score (nSPS) is 10.8. The van der Waals surface area contributed by atoms with Crippen LogP contribution in [0.2, 0.25) is 0 Å². The fourth-order valence-corrected chi connectivity index (χ4v) is 3.85. The minimum atomic E-state index is -0.819. The number of nitrogens with one attached hydrogen (secondary N) is 4. The number of hydrogen-bond donors (Lipinski definition) is 7. The highest BCUT2D eigenvalue weighted by molar-refractivity contribution is 5.97. The molecule has 0 aliphatic heterocycles. The van der Waals surface area contributed by atoms with Crippen molar-refractivity contribution in [1.82, 2.24) is 35.0 Å². The van der Waals surface area contributed by atoms with Gasteiger partial charge in [-0.1, -0.05) is 0 Å². The number of hydrogen-bond acceptors (Lipinski definition) is 10. The molecule has 224 valence electrons. The van der Waals surface area contributed by atoms with Crippen LogP contribution in [-0.4, -0.2) is 91.3 Å². The number of rotatable bonds is 12. The Morgan fingerprint density at radius 3 is 1.48 bits per heavy atom. The van der Waals surface area contributed by atoms with Gasteiger partial charge in [0.1, 0.15) is 0 Å². The van der Waals surface area contributed by atoms with E-state index in [1.165, 1.54) is 50.9 Å². The van der Waals surface area contributed by atoms with E-state index in [9.17, 15) is 44.1 Å². The third kappa shape index (κ3) is 7.42. The highest BCUT2D eigenvalue weighted by atomic mass is 16.3. The predicted octanol–water partition coefficient (Wildman–Crippen LogP) is -2.22. The average molecular weight is 586 g/mol. The van der Waals surface area contributed by atoms with Gasteiger partial charge in [0.2, 0.25) is 0 Å². The molecule has 0 radical (unpaired) electrons. The summed E-state index contributed by atoms with van der Waals surface area (Å²) in [6.07, 6.45) is 3.90. The van der Waals surface area contributed by atoms with Gasteiger partial charge in [-0.05, 0) is 18.2 Å². The van der Waals surface area contributed by atoms with Crippen LogP contribution in [0.1, 0.15) is 31.1 Å². The molecule has 3 aromatic rings. The molecule has 0 fully saturated rings. The molecule has 0 atom stereocenters. The van der Waals surface area contributed by atoms with E-state index in [0.29, 0.717) is 0 Å². The number of amides is 3. The largest absolute Gasteiger partial charge is 0.502 e. The van der Waals surface area contributed by atoms with Gasteiger partial charge in [0.25, 0.3) is 34.4 Å². The van der Waals surface area contributed by atoms with Gasteiger partial charge >= 0.3 is 0 Å². The van der Waals surface area contributed by atoms with Gasteiger partial charge in [-0.15, -0.1) is 0 Å². The number of carbonyl (C=O) groups excluding carboxylic acids is 3. The van der Waals surface area contributed by atoms with Crippen molar-refractivity contribution < 1.29 is 29.7 Å². The maximum Gasteiger partial charge on any atom is 0.293 e. The van der Waals surface area contributed by atoms with Crippen LogP contribution in [0.15, 0.2) is 51.2 Å². The minimum absolute atomic E-state index is 0.0536. The molecular formula is C26H31N7O9. The lowest BCUT2D eigenvalue weighted by Crippen LogP contribution is -2.43. The lowest BCUT2D eigenvalue weighted by atomic mass is 10.2. The molecule has 0 aliphatic carbocycles. The van der Waals surface area contributed by atoms with Crippen LogP contribution in [-0.2, 0) is 14.1 Å². The zero-order valence-electron chi connectivity index (χ0n) is 22.8. The number of H-pyrrole nitrogens is 1. The monoisotopic (exact) mass is 585 g/mol. The van der Waals surface area contributed by atoms with E-state index in [0.717, 1.165) is 9.13 Å². The van der Waals surface area contributed by atoms with Crippen molar-refractivity contribution in [3.63, 3.8) is 0 Å². The van der Waals surface area contributed by atoms with E-state index in [1.807, 2.05) is 0 Å². The first kappa shape index (κ1) is 31.2. The second-order valence-electron chi connectivity index (χ2n) is 9.17. The highest BCUT2D eigenvalue weighted by Crippen LogP contribution is 2.11. The Kier molecular flexibility index (Phi) is 10.2. The predicted molar refractivity (Wildman–Crippen MR) is 149 cm³/mol. The summed E-state index contributed by atoms with van der Waals surface area (Å²) in [5.41, 5.74) is -2.90. The molecule has 0 bridgehead atoms. The Morgan fingerprint density at radius 1 is 0.690 bits per heavy atom. The third-order valence-electron chi connectivity index (χ3n) is 6.29. The summed E-state index contributed by atoms with van der Waals surface area (Å²) in [4.78, 5) is 76.8. The van der Waals surface area contributed by atoms with E-state index in [4.69, 9.17) is 0 Å². The van der Waals surface area contributed by atoms with Crippen LogP contribution in [0.5, 0.6) is 17.2 Å². The number of nitrogens with zero attached hydrogens (tertiary/aromatic N) is 3. The molecule has 16 nitrogen and oxygen atoms in total. The first-order valence-electron chi connectivity index (χ1n) is 12.7. The standard InChI is InChI=1S/C26H31N7O9/c1-31-10-4-16(19(35)25(31)41)22(38)29-8-13-33(12-7-28-21(37)15-3-6-27-24(40)18(15)34)14-9-30-23(39)17-5-11-32(2)26(42)20(17)36/h3-6,10-11,34-36H,7-9,12-14H2,1-2H3,(H,27,40)(H,28,37)(H,29,38)(H,30,39). The summed E-state index contributed by atoms with van der Waals surface area (Å²) < 4.78 is 2.24. The molecule has 0 aliphatic rings. The molecule has 0 spiro atoms. The molecule has 3 amide bonds. The van der Waals surface area contributed by atoms with Crippen molar-refractivity contribution in [2.24, 2.45) is 14.1 Å². The van der Waals surface area contributed by atoms with Crippen molar-refractivity contribution >= 4 is 17.7 Å². The Bertz CT molecular complexity index is 1580. The molecule has 3 heterocycles. The van der Waals surface area contributed by atoms with Gasteiger partial charge < -0.3 is 45.4 Å². The third-order valence-corrected chi connectivity index (χ3v) is 6.29. The first-order chi connectivity index (χ1) is 19.9. The topological polar surface area (TPSA) is 228 Å². The van der Waals surface area contributed by atoms with Crippen LogP contribution >= 0.6 is 0 Å². The van der Waals surface area contributed by atoms with E-state index in [2.05, 4.69) is 20.9 Å². The number of aryl methyl sites for hydroxylation is 2. The van der Waals surface area contributed by atoms with Crippen molar-refractivity contribution in [2.75, 3.05) is 39.3 Å². The Balaban J connectivity index is 1.62. The zero-order chi connectivity index (χ0) is 31.0. The van der Waals surface area contributed by atoms with Gasteiger partial charge in [-0.2, -0.15) is 0 Å². The lowest BCUT2D eigenvalue weighted by molar-refractivity contribution is 0.0944. The molecule has 7 N–H and O–H groups in total. The van der Waals surface area contributed by atoms with Crippen molar-refractivity contribution in [2.45, 2.75) is 0 Å². The molecule has 3 aromatic heterocycles. The fraction of sp³-hybridized carbons (Fsp3) is 0.308. The maximum absolute atomic E-state index is 12.5. The number of aromatic hydroxyl groups is 3. The van der Waals surface area contributed by atoms with Gasteiger partial charge in [0.05, 0.1) is 16.7 Å². The van der Waals surface area contributed by atoms with Crippen LogP contribution < -0.4 is 32.6 Å². The molecule has 3 rings (SSSR count). The summed E-state index contributed by atoms with van der Waals surface area (Å²) in [5, 5.41) is 37.6. The van der Waals surface area contributed by atoms with E-state index in [1.54, 1.807) is 4.90 Å². The van der Waals surface area contributed by atoms with Crippen LogP contribution in [0.4, 0.5) is 0 Å². The molecule has 0 saturated heterocycles. The smallest absolute Gasteiger partial charge is 0.293 e. The SMILES string of the molecule is Cn1ccc(C(=O)NCCN(CCNC(=O)c2cc[nH]c(=O)c2O)CCNC(=O)c2ccn(C)c(=O)c2O)c(O)c1=O. The summed E-state index contributed by atoms with van der Waals surface area (Å²) in [6.45, 7) is 0.778. The molecule has 16 heteroatoms. The van der Waals surface area contributed by atoms with E-state index in [-0.39, 0.29) is 56.0 Å². The van der Waals surface area contributed by atoms with Crippen LogP contribution in [0, 0.1) is 0 Å². The maximum atomic E-state index is 12.5. The summed E-state index contributed by atoms with van der Waals surface area (Å²) in [7, 11) is 2.85. The van der Waals surface area contributed by atoms with Crippen LogP contribution in [0.3, 0.4) is 0 Å². The zero-order valence-corrected chi connectivity index (χ0v) is 22.8. The summed E-state index contributed by atoms with van der Waals surface area (Å²) >= 11 is 0.